The second-order valence-electron chi connectivity index (χ2n) is 6.45. The molecule has 4 heteroatoms. The molecule has 1 spiro atoms. The smallest absolute Gasteiger partial charge is 0.315 e. The number of benzene rings is 1. The Morgan fingerprint density at radius 2 is 2.10 bits per heavy atom. The molecule has 3 rings (SSSR count). The minimum atomic E-state index is -0.0102. The Morgan fingerprint density at radius 1 is 1.33 bits per heavy atom. The molecule has 1 heterocycles. The molecule has 2 fully saturated rings. The first-order valence-electron chi connectivity index (χ1n) is 7.99. The van der Waals surface area contributed by atoms with E-state index in [9.17, 15) is 4.79 Å². The molecule has 0 aromatic heterocycles. The van der Waals surface area contributed by atoms with E-state index in [0.717, 1.165) is 25.9 Å². The fourth-order valence-electron chi connectivity index (χ4n) is 3.44. The quantitative estimate of drug-likeness (QED) is 0.793. The highest BCUT2D eigenvalue weighted by Gasteiger charge is 2.54. The summed E-state index contributed by atoms with van der Waals surface area (Å²) >= 11 is 0. The maximum Gasteiger partial charge on any atom is 0.315 e. The molecule has 1 unspecified atom stereocenters. The van der Waals surface area contributed by atoms with Crippen molar-refractivity contribution in [1.82, 2.24) is 16.0 Å². The molecule has 21 heavy (non-hydrogen) atoms. The Kier molecular flexibility index (Phi) is 4.15. The first-order chi connectivity index (χ1) is 10.2. The largest absolute Gasteiger partial charge is 0.338 e. The van der Waals surface area contributed by atoms with Gasteiger partial charge in [-0.1, -0.05) is 24.3 Å². The molecule has 1 saturated heterocycles. The summed E-state index contributed by atoms with van der Waals surface area (Å²) in [6.07, 6.45) is 4.43. The van der Waals surface area contributed by atoms with Crippen LogP contribution in [0.3, 0.4) is 0 Å². The lowest BCUT2D eigenvalue weighted by Gasteiger charge is -2.23. The molecule has 1 aromatic carbocycles. The number of hydrogen-bond donors (Lipinski definition) is 3. The minimum Gasteiger partial charge on any atom is -0.338 e. The molecule has 114 valence electrons. The fraction of sp³-hybridized carbons (Fsp3) is 0.588. The van der Waals surface area contributed by atoms with Gasteiger partial charge in [-0.3, -0.25) is 0 Å². The fourth-order valence-corrected chi connectivity index (χ4v) is 3.44. The molecule has 4 nitrogen and oxygen atoms in total. The van der Waals surface area contributed by atoms with Crippen LogP contribution < -0.4 is 16.0 Å². The summed E-state index contributed by atoms with van der Waals surface area (Å²) in [6, 6.07) is 8.71. The average molecular weight is 287 g/mol. The highest BCUT2D eigenvalue weighted by molar-refractivity contribution is 5.74. The molecular weight excluding hydrogens is 262 g/mol. The summed E-state index contributed by atoms with van der Waals surface area (Å²) in [7, 11) is 0. The number of urea groups is 1. The Morgan fingerprint density at radius 3 is 2.86 bits per heavy atom. The lowest BCUT2D eigenvalue weighted by Crippen LogP contribution is -2.41. The Balaban J connectivity index is 1.39. The van der Waals surface area contributed by atoms with Gasteiger partial charge in [0.15, 0.2) is 0 Å². The Labute approximate surface area is 126 Å². The predicted octanol–water partition coefficient (Wildman–Crippen LogP) is 1.98. The molecular formula is C17H25N3O. The van der Waals surface area contributed by atoms with E-state index in [1.165, 1.54) is 24.0 Å². The van der Waals surface area contributed by atoms with Gasteiger partial charge >= 0.3 is 6.03 Å². The zero-order chi connectivity index (χ0) is 14.7. The maximum atomic E-state index is 12.0. The Hall–Kier alpha value is -1.55. The van der Waals surface area contributed by atoms with E-state index in [1.54, 1.807) is 0 Å². The molecule has 0 bridgehead atoms. The van der Waals surface area contributed by atoms with Gasteiger partial charge in [-0.05, 0) is 62.2 Å². The zero-order valence-corrected chi connectivity index (χ0v) is 12.7. The van der Waals surface area contributed by atoms with Gasteiger partial charge in [0.2, 0.25) is 0 Å². The average Bonchev–Trinajstić information content (AvgIpc) is 3.13. The van der Waals surface area contributed by atoms with Crippen LogP contribution in [0.2, 0.25) is 0 Å². The second kappa shape index (κ2) is 6.06. The topological polar surface area (TPSA) is 53.2 Å². The van der Waals surface area contributed by atoms with Gasteiger partial charge in [-0.2, -0.15) is 0 Å². The first kappa shape index (κ1) is 14.4. The van der Waals surface area contributed by atoms with Crippen molar-refractivity contribution in [3.8, 4) is 0 Å². The van der Waals surface area contributed by atoms with E-state index in [0.29, 0.717) is 18.0 Å². The van der Waals surface area contributed by atoms with E-state index >= 15 is 0 Å². The van der Waals surface area contributed by atoms with E-state index in [1.807, 2.05) is 12.1 Å². The number of amides is 2. The standard InChI is InChI=1S/C17H25N3O/c1-13-4-2-3-5-14(13)6-9-19-16(21)20-15-12-17(15)7-10-18-11-8-17/h2-5,15,18H,6-12H2,1H3,(H2,19,20,21). The molecule has 3 N–H and O–H groups in total. The molecule has 1 saturated carbocycles. The number of aryl methyl sites for hydroxylation is 1. The summed E-state index contributed by atoms with van der Waals surface area (Å²) in [5, 5.41) is 9.51. The number of hydrogen-bond acceptors (Lipinski definition) is 2. The van der Waals surface area contributed by atoms with Gasteiger partial charge in [-0.15, -0.1) is 0 Å². The van der Waals surface area contributed by atoms with Crippen molar-refractivity contribution in [3.05, 3.63) is 35.4 Å². The lowest BCUT2D eigenvalue weighted by molar-refractivity contribution is 0.236. The normalized spacial score (nSPS) is 22.8. The molecule has 1 aliphatic heterocycles. The second-order valence-corrected chi connectivity index (χ2v) is 6.45. The third kappa shape index (κ3) is 3.38. The highest BCUT2D eigenvalue weighted by Crippen LogP contribution is 2.52. The summed E-state index contributed by atoms with van der Waals surface area (Å²) < 4.78 is 0. The molecule has 1 aliphatic carbocycles. The summed E-state index contributed by atoms with van der Waals surface area (Å²) in [4.78, 5) is 12.0. The number of nitrogens with one attached hydrogen (secondary N) is 3. The van der Waals surface area contributed by atoms with Crippen molar-refractivity contribution in [2.45, 2.75) is 38.6 Å². The van der Waals surface area contributed by atoms with Gasteiger partial charge in [0, 0.05) is 12.6 Å². The van der Waals surface area contributed by atoms with Crippen molar-refractivity contribution in [3.63, 3.8) is 0 Å². The van der Waals surface area contributed by atoms with Crippen molar-refractivity contribution >= 4 is 6.03 Å². The SMILES string of the molecule is Cc1ccccc1CCNC(=O)NC1CC12CCNCC2. The van der Waals surface area contributed by atoms with Crippen LogP contribution in [0.5, 0.6) is 0 Å². The van der Waals surface area contributed by atoms with Gasteiger partial charge in [0.25, 0.3) is 0 Å². The summed E-state index contributed by atoms with van der Waals surface area (Å²) in [5.41, 5.74) is 2.99. The van der Waals surface area contributed by atoms with Crippen LogP contribution in [-0.4, -0.2) is 31.7 Å². The van der Waals surface area contributed by atoms with Crippen molar-refractivity contribution in [1.29, 1.82) is 0 Å². The van der Waals surface area contributed by atoms with E-state index < -0.39 is 0 Å². The van der Waals surface area contributed by atoms with Gasteiger partial charge < -0.3 is 16.0 Å². The van der Waals surface area contributed by atoms with Crippen LogP contribution in [0, 0.1) is 12.3 Å². The molecule has 1 aromatic rings. The number of rotatable bonds is 4. The van der Waals surface area contributed by atoms with E-state index in [2.05, 4.69) is 35.0 Å². The first-order valence-corrected chi connectivity index (χ1v) is 7.99. The third-order valence-corrected chi connectivity index (χ3v) is 5.04. The molecule has 0 radical (unpaired) electrons. The maximum absolute atomic E-state index is 12.0. The molecule has 2 amide bonds. The monoisotopic (exact) mass is 287 g/mol. The Bertz CT molecular complexity index is 509. The van der Waals surface area contributed by atoms with Gasteiger partial charge in [-0.25, -0.2) is 4.79 Å². The van der Waals surface area contributed by atoms with Crippen LogP contribution in [0.25, 0.3) is 0 Å². The van der Waals surface area contributed by atoms with E-state index in [-0.39, 0.29) is 6.03 Å². The third-order valence-electron chi connectivity index (χ3n) is 5.04. The summed E-state index contributed by atoms with van der Waals surface area (Å²) in [6.45, 7) is 4.98. The van der Waals surface area contributed by atoms with Crippen molar-refractivity contribution < 1.29 is 4.79 Å². The minimum absolute atomic E-state index is 0.0102. The van der Waals surface area contributed by atoms with Crippen LogP contribution >= 0.6 is 0 Å². The molecule has 1 atom stereocenters. The lowest BCUT2D eigenvalue weighted by atomic mass is 9.94. The number of carbonyl (C=O) groups excluding carboxylic acids is 1. The van der Waals surface area contributed by atoms with E-state index in [4.69, 9.17) is 0 Å². The zero-order valence-electron chi connectivity index (χ0n) is 12.7. The number of carbonyl (C=O) groups is 1. The van der Waals surface area contributed by atoms with Crippen molar-refractivity contribution in [2.75, 3.05) is 19.6 Å². The van der Waals surface area contributed by atoms with Crippen LogP contribution in [0.4, 0.5) is 4.79 Å². The van der Waals surface area contributed by atoms with Gasteiger partial charge in [0.1, 0.15) is 0 Å². The van der Waals surface area contributed by atoms with Crippen molar-refractivity contribution in [2.24, 2.45) is 5.41 Å². The predicted molar refractivity (Wildman–Crippen MR) is 84.4 cm³/mol. The van der Waals surface area contributed by atoms with Crippen LogP contribution in [0.15, 0.2) is 24.3 Å². The molecule has 2 aliphatic rings. The number of piperidine rings is 1. The summed E-state index contributed by atoms with van der Waals surface area (Å²) in [5.74, 6) is 0. The van der Waals surface area contributed by atoms with Crippen LogP contribution in [-0.2, 0) is 6.42 Å². The highest BCUT2D eigenvalue weighted by atomic mass is 16.2. The van der Waals surface area contributed by atoms with Gasteiger partial charge in [0.05, 0.1) is 0 Å². The van der Waals surface area contributed by atoms with Crippen LogP contribution in [0.1, 0.15) is 30.4 Å².